The molecule has 0 aliphatic heterocycles. The zero-order valence-corrected chi connectivity index (χ0v) is 9.84. The highest BCUT2D eigenvalue weighted by Gasteiger charge is 2.04. The highest BCUT2D eigenvalue weighted by atomic mass is 16.1. The van der Waals surface area contributed by atoms with E-state index in [0.29, 0.717) is 18.7 Å². The van der Waals surface area contributed by atoms with Gasteiger partial charge in [0.15, 0.2) is 0 Å². The second-order valence-corrected chi connectivity index (χ2v) is 3.83. The molecule has 1 aromatic carbocycles. The summed E-state index contributed by atoms with van der Waals surface area (Å²) in [7, 11) is 0. The fourth-order valence-electron chi connectivity index (χ4n) is 1.50. The van der Waals surface area contributed by atoms with E-state index in [2.05, 4.69) is 15.5 Å². The van der Waals surface area contributed by atoms with Crippen molar-refractivity contribution in [3.05, 3.63) is 59.4 Å². The van der Waals surface area contributed by atoms with Crippen LogP contribution in [0.4, 0.5) is 0 Å². The van der Waals surface area contributed by atoms with Gasteiger partial charge in [0.1, 0.15) is 0 Å². The zero-order valence-electron chi connectivity index (χ0n) is 9.84. The average Bonchev–Trinajstić information content (AvgIpc) is 2.46. The number of rotatable bonds is 4. The molecule has 0 fully saturated rings. The summed E-state index contributed by atoms with van der Waals surface area (Å²) in [5.41, 5.74) is 8.12. The maximum Gasteiger partial charge on any atom is 0.253 e. The van der Waals surface area contributed by atoms with E-state index >= 15 is 0 Å². The normalized spacial score (nSPS) is 10.1. The van der Waals surface area contributed by atoms with E-state index in [-0.39, 0.29) is 5.91 Å². The first-order chi connectivity index (χ1) is 8.79. The molecule has 0 bridgehead atoms. The molecule has 1 heterocycles. The van der Waals surface area contributed by atoms with Gasteiger partial charge >= 0.3 is 0 Å². The largest absolute Gasteiger partial charge is 0.348 e. The van der Waals surface area contributed by atoms with Crippen molar-refractivity contribution in [3.8, 4) is 0 Å². The quantitative estimate of drug-likeness (QED) is 0.833. The van der Waals surface area contributed by atoms with Gasteiger partial charge in [-0.25, -0.2) is 0 Å². The number of nitrogens with two attached hydrogens (primary N) is 1. The third kappa shape index (κ3) is 3.11. The Kier molecular flexibility index (Phi) is 3.98. The maximum absolute atomic E-state index is 11.7. The van der Waals surface area contributed by atoms with Gasteiger partial charge in [0, 0.05) is 13.1 Å². The molecule has 2 aromatic rings. The molecule has 0 unspecified atom stereocenters. The summed E-state index contributed by atoms with van der Waals surface area (Å²) in [6.07, 6.45) is 2.93. The lowest BCUT2D eigenvalue weighted by atomic mass is 10.1. The van der Waals surface area contributed by atoms with Crippen LogP contribution >= 0.6 is 0 Å². The molecule has 18 heavy (non-hydrogen) atoms. The Bertz CT molecular complexity index is 510. The van der Waals surface area contributed by atoms with Gasteiger partial charge in [0.2, 0.25) is 0 Å². The van der Waals surface area contributed by atoms with Crippen LogP contribution in [0.25, 0.3) is 0 Å². The molecule has 5 heteroatoms. The number of carbonyl (C=O) groups is 1. The van der Waals surface area contributed by atoms with Crippen LogP contribution in [0.3, 0.4) is 0 Å². The first kappa shape index (κ1) is 12.2. The molecule has 0 spiro atoms. The van der Waals surface area contributed by atoms with Crippen LogP contribution in [0, 0.1) is 0 Å². The Morgan fingerprint density at radius 2 is 1.83 bits per heavy atom. The smallest absolute Gasteiger partial charge is 0.253 e. The van der Waals surface area contributed by atoms with Crippen LogP contribution in [-0.4, -0.2) is 16.1 Å². The molecule has 0 saturated carbocycles. The molecule has 0 radical (unpaired) electrons. The van der Waals surface area contributed by atoms with Gasteiger partial charge in [-0.05, 0) is 17.2 Å². The molecule has 0 atom stereocenters. The van der Waals surface area contributed by atoms with Gasteiger partial charge in [-0.1, -0.05) is 24.3 Å². The van der Waals surface area contributed by atoms with Gasteiger partial charge < -0.3 is 11.1 Å². The highest BCUT2D eigenvalue weighted by Crippen LogP contribution is 2.04. The Hall–Kier alpha value is -2.27. The lowest BCUT2D eigenvalue weighted by Gasteiger charge is -2.05. The van der Waals surface area contributed by atoms with Crippen molar-refractivity contribution < 1.29 is 4.79 Å². The van der Waals surface area contributed by atoms with Crippen molar-refractivity contribution in [3.63, 3.8) is 0 Å². The van der Waals surface area contributed by atoms with Gasteiger partial charge in [-0.3, -0.25) is 4.79 Å². The third-order valence-electron chi connectivity index (χ3n) is 2.56. The lowest BCUT2D eigenvalue weighted by Crippen LogP contribution is -2.22. The van der Waals surface area contributed by atoms with Crippen LogP contribution in [0.5, 0.6) is 0 Å². The number of amides is 1. The molecule has 1 amide bonds. The first-order valence-electron chi connectivity index (χ1n) is 5.62. The number of nitrogens with one attached hydrogen (secondary N) is 1. The van der Waals surface area contributed by atoms with Crippen molar-refractivity contribution in [2.24, 2.45) is 5.73 Å². The summed E-state index contributed by atoms with van der Waals surface area (Å²) in [6.45, 7) is 1.00. The van der Waals surface area contributed by atoms with E-state index in [1.165, 1.54) is 12.4 Å². The van der Waals surface area contributed by atoms with Crippen molar-refractivity contribution in [1.82, 2.24) is 15.5 Å². The van der Waals surface area contributed by atoms with Crippen molar-refractivity contribution in [2.75, 3.05) is 0 Å². The molecule has 1 aromatic heterocycles. The molecular weight excluding hydrogens is 228 g/mol. The predicted octanol–water partition coefficient (Wildman–Crippen LogP) is 0.865. The molecule has 5 nitrogen and oxygen atoms in total. The number of aromatic nitrogens is 2. The van der Waals surface area contributed by atoms with Crippen molar-refractivity contribution in [2.45, 2.75) is 13.1 Å². The summed E-state index contributed by atoms with van der Waals surface area (Å²) in [6, 6.07) is 9.44. The number of hydrogen-bond donors (Lipinski definition) is 2. The monoisotopic (exact) mass is 242 g/mol. The van der Waals surface area contributed by atoms with E-state index in [1.54, 1.807) is 6.07 Å². The van der Waals surface area contributed by atoms with Crippen molar-refractivity contribution in [1.29, 1.82) is 0 Å². The molecular formula is C13H14N4O. The van der Waals surface area contributed by atoms with E-state index < -0.39 is 0 Å². The zero-order chi connectivity index (χ0) is 12.8. The van der Waals surface area contributed by atoms with Crippen LogP contribution < -0.4 is 11.1 Å². The Balaban J connectivity index is 1.93. The fraction of sp³-hybridized carbons (Fsp3) is 0.154. The van der Waals surface area contributed by atoms with Gasteiger partial charge in [0.05, 0.1) is 18.0 Å². The van der Waals surface area contributed by atoms with Crippen LogP contribution in [-0.2, 0) is 13.1 Å². The molecule has 2 rings (SSSR count). The second kappa shape index (κ2) is 5.88. The van der Waals surface area contributed by atoms with E-state index in [1.807, 2.05) is 24.3 Å². The van der Waals surface area contributed by atoms with Crippen LogP contribution in [0.1, 0.15) is 21.5 Å². The SMILES string of the molecule is NCc1ccc(CNC(=O)c2ccnnc2)cc1. The predicted molar refractivity (Wildman–Crippen MR) is 67.5 cm³/mol. The van der Waals surface area contributed by atoms with Crippen molar-refractivity contribution >= 4 is 5.91 Å². The topological polar surface area (TPSA) is 80.9 Å². The summed E-state index contributed by atoms with van der Waals surface area (Å²) >= 11 is 0. The summed E-state index contributed by atoms with van der Waals surface area (Å²) < 4.78 is 0. The maximum atomic E-state index is 11.7. The Morgan fingerprint density at radius 3 is 2.44 bits per heavy atom. The standard InChI is InChI=1S/C13H14N4O/c14-7-10-1-3-11(4-2-10)8-15-13(18)12-5-6-16-17-9-12/h1-6,9H,7-8,14H2,(H,15,18). The number of hydrogen-bond acceptors (Lipinski definition) is 4. The molecule has 92 valence electrons. The minimum Gasteiger partial charge on any atom is -0.348 e. The van der Waals surface area contributed by atoms with E-state index in [4.69, 9.17) is 5.73 Å². The van der Waals surface area contributed by atoms with Gasteiger partial charge in [-0.2, -0.15) is 10.2 Å². The Labute approximate surface area is 105 Å². The third-order valence-corrected chi connectivity index (χ3v) is 2.56. The Morgan fingerprint density at radius 1 is 1.11 bits per heavy atom. The van der Waals surface area contributed by atoms with Gasteiger partial charge in [0.25, 0.3) is 5.91 Å². The van der Waals surface area contributed by atoms with E-state index in [9.17, 15) is 4.79 Å². The molecule has 3 N–H and O–H groups in total. The summed E-state index contributed by atoms with van der Waals surface area (Å²) in [4.78, 5) is 11.7. The van der Waals surface area contributed by atoms with Crippen LogP contribution in [0.15, 0.2) is 42.7 Å². The minimum absolute atomic E-state index is 0.159. The average molecular weight is 242 g/mol. The lowest BCUT2D eigenvalue weighted by molar-refractivity contribution is 0.0950. The molecule has 0 aliphatic rings. The minimum atomic E-state index is -0.159. The first-order valence-corrected chi connectivity index (χ1v) is 5.62. The highest BCUT2D eigenvalue weighted by molar-refractivity contribution is 5.93. The number of benzene rings is 1. The summed E-state index contributed by atoms with van der Waals surface area (Å²) in [5, 5.41) is 10.1. The second-order valence-electron chi connectivity index (χ2n) is 3.83. The fourth-order valence-corrected chi connectivity index (χ4v) is 1.50. The van der Waals surface area contributed by atoms with Crippen LogP contribution in [0.2, 0.25) is 0 Å². The molecule has 0 saturated heterocycles. The number of carbonyl (C=O) groups excluding carboxylic acids is 1. The van der Waals surface area contributed by atoms with Gasteiger partial charge in [-0.15, -0.1) is 0 Å². The summed E-state index contributed by atoms with van der Waals surface area (Å²) in [5.74, 6) is -0.159. The molecule has 0 aliphatic carbocycles. The number of nitrogens with zero attached hydrogens (tertiary/aromatic N) is 2. The van der Waals surface area contributed by atoms with E-state index in [0.717, 1.165) is 11.1 Å².